The lowest BCUT2D eigenvalue weighted by Crippen LogP contribution is -2.21. The molecule has 3 heteroatoms. The van der Waals surface area contributed by atoms with E-state index >= 15 is 0 Å². The second-order valence-corrected chi connectivity index (χ2v) is 3.03. The molecule has 78 valence electrons. The highest BCUT2D eigenvalue weighted by atomic mass is 16.7. The number of hydrogen-bond acceptors (Lipinski definition) is 3. The SMILES string of the molecule is COC(COc1cccc(C)c1)OC. The van der Waals surface area contributed by atoms with Crippen molar-refractivity contribution in [2.24, 2.45) is 0 Å². The molecule has 0 bridgehead atoms. The number of benzene rings is 1. The van der Waals surface area contributed by atoms with Crippen molar-refractivity contribution in [2.45, 2.75) is 13.2 Å². The van der Waals surface area contributed by atoms with Gasteiger partial charge in [0.05, 0.1) is 0 Å². The molecule has 3 nitrogen and oxygen atoms in total. The summed E-state index contributed by atoms with van der Waals surface area (Å²) in [6.07, 6.45) is -0.310. The first-order valence-corrected chi connectivity index (χ1v) is 4.51. The third kappa shape index (κ3) is 3.36. The first-order valence-electron chi connectivity index (χ1n) is 4.51. The monoisotopic (exact) mass is 196 g/mol. The van der Waals surface area contributed by atoms with E-state index in [2.05, 4.69) is 0 Å². The van der Waals surface area contributed by atoms with Crippen molar-refractivity contribution in [3.05, 3.63) is 29.8 Å². The van der Waals surface area contributed by atoms with E-state index < -0.39 is 0 Å². The van der Waals surface area contributed by atoms with E-state index in [0.29, 0.717) is 6.61 Å². The Morgan fingerprint density at radius 1 is 1.21 bits per heavy atom. The van der Waals surface area contributed by atoms with Crippen LogP contribution < -0.4 is 4.74 Å². The zero-order chi connectivity index (χ0) is 10.4. The average molecular weight is 196 g/mol. The Balaban J connectivity index is 2.44. The van der Waals surface area contributed by atoms with Crippen LogP contribution in [0.5, 0.6) is 5.75 Å². The lowest BCUT2D eigenvalue weighted by molar-refractivity contribution is -0.121. The van der Waals surface area contributed by atoms with Gasteiger partial charge in [0.25, 0.3) is 0 Å². The van der Waals surface area contributed by atoms with E-state index in [1.165, 1.54) is 5.56 Å². The van der Waals surface area contributed by atoms with Crippen LogP contribution in [0.2, 0.25) is 0 Å². The molecule has 0 aliphatic carbocycles. The maximum atomic E-state index is 5.48. The predicted molar refractivity (Wildman–Crippen MR) is 54.5 cm³/mol. The molecule has 0 spiro atoms. The van der Waals surface area contributed by atoms with E-state index in [0.717, 1.165) is 5.75 Å². The fraction of sp³-hybridized carbons (Fsp3) is 0.455. The van der Waals surface area contributed by atoms with Crippen molar-refractivity contribution in [1.82, 2.24) is 0 Å². The van der Waals surface area contributed by atoms with Crippen molar-refractivity contribution in [3.63, 3.8) is 0 Å². The van der Waals surface area contributed by atoms with Crippen LogP contribution in [0.1, 0.15) is 5.56 Å². The summed E-state index contributed by atoms with van der Waals surface area (Å²) < 4.78 is 15.5. The standard InChI is InChI=1S/C11H16O3/c1-9-5-4-6-10(7-9)14-8-11(12-2)13-3/h4-7,11H,8H2,1-3H3. The van der Waals surface area contributed by atoms with E-state index in [-0.39, 0.29) is 6.29 Å². The molecule has 14 heavy (non-hydrogen) atoms. The van der Waals surface area contributed by atoms with Gasteiger partial charge < -0.3 is 14.2 Å². The molecular formula is C11H16O3. The van der Waals surface area contributed by atoms with Crippen LogP contribution in [0.15, 0.2) is 24.3 Å². The van der Waals surface area contributed by atoms with E-state index in [4.69, 9.17) is 14.2 Å². The summed E-state index contributed by atoms with van der Waals surface area (Å²) in [6.45, 7) is 2.42. The Hall–Kier alpha value is -1.06. The Labute approximate surface area is 84.6 Å². The molecule has 1 aromatic rings. The topological polar surface area (TPSA) is 27.7 Å². The molecular weight excluding hydrogens is 180 g/mol. The van der Waals surface area contributed by atoms with Crippen LogP contribution in [-0.4, -0.2) is 27.1 Å². The zero-order valence-corrected chi connectivity index (χ0v) is 8.82. The summed E-state index contributed by atoms with van der Waals surface area (Å²) in [5.74, 6) is 0.837. The fourth-order valence-corrected chi connectivity index (χ4v) is 1.10. The van der Waals surface area contributed by atoms with Crippen LogP contribution in [0.25, 0.3) is 0 Å². The number of rotatable bonds is 5. The van der Waals surface area contributed by atoms with Gasteiger partial charge in [0.15, 0.2) is 6.29 Å². The third-order valence-electron chi connectivity index (χ3n) is 1.90. The molecule has 0 unspecified atom stereocenters. The van der Waals surface area contributed by atoms with Crippen molar-refractivity contribution in [1.29, 1.82) is 0 Å². The van der Waals surface area contributed by atoms with Crippen LogP contribution in [0.4, 0.5) is 0 Å². The maximum Gasteiger partial charge on any atom is 0.191 e. The van der Waals surface area contributed by atoms with Gasteiger partial charge in [0.1, 0.15) is 12.4 Å². The van der Waals surface area contributed by atoms with E-state index in [1.54, 1.807) is 14.2 Å². The Kier molecular flexibility index (Phi) is 4.43. The zero-order valence-electron chi connectivity index (χ0n) is 8.82. The molecule has 0 radical (unpaired) electrons. The molecule has 0 amide bonds. The number of aryl methyl sites for hydroxylation is 1. The highest BCUT2D eigenvalue weighted by molar-refractivity contribution is 5.27. The lowest BCUT2D eigenvalue weighted by Gasteiger charge is -2.14. The molecule has 0 aromatic heterocycles. The summed E-state index contributed by atoms with van der Waals surface area (Å²) in [5, 5.41) is 0. The van der Waals surface area contributed by atoms with Gasteiger partial charge in [-0.2, -0.15) is 0 Å². The second kappa shape index (κ2) is 5.62. The van der Waals surface area contributed by atoms with Gasteiger partial charge in [-0.15, -0.1) is 0 Å². The smallest absolute Gasteiger partial charge is 0.191 e. The Morgan fingerprint density at radius 2 is 1.93 bits per heavy atom. The molecule has 0 saturated carbocycles. The second-order valence-electron chi connectivity index (χ2n) is 3.03. The van der Waals surface area contributed by atoms with Gasteiger partial charge in [-0.25, -0.2) is 0 Å². The minimum atomic E-state index is -0.310. The van der Waals surface area contributed by atoms with Gasteiger partial charge in [-0.3, -0.25) is 0 Å². The number of methoxy groups -OCH3 is 2. The van der Waals surface area contributed by atoms with Crippen molar-refractivity contribution >= 4 is 0 Å². The highest BCUT2D eigenvalue weighted by Gasteiger charge is 2.05. The van der Waals surface area contributed by atoms with E-state index in [1.807, 2.05) is 31.2 Å². The fourth-order valence-electron chi connectivity index (χ4n) is 1.10. The minimum Gasteiger partial charge on any atom is -0.488 e. The van der Waals surface area contributed by atoms with Crippen LogP contribution in [-0.2, 0) is 9.47 Å². The highest BCUT2D eigenvalue weighted by Crippen LogP contribution is 2.12. The first kappa shape index (κ1) is 11.0. The molecule has 0 aliphatic rings. The van der Waals surface area contributed by atoms with Crippen molar-refractivity contribution in [3.8, 4) is 5.75 Å². The van der Waals surface area contributed by atoms with Gasteiger partial charge in [0, 0.05) is 14.2 Å². The summed E-state index contributed by atoms with van der Waals surface area (Å²) in [7, 11) is 3.18. The molecule has 0 heterocycles. The van der Waals surface area contributed by atoms with Crippen LogP contribution in [0.3, 0.4) is 0 Å². The molecule has 0 atom stereocenters. The van der Waals surface area contributed by atoms with Crippen LogP contribution in [0, 0.1) is 6.92 Å². The van der Waals surface area contributed by atoms with Gasteiger partial charge in [-0.05, 0) is 24.6 Å². The summed E-state index contributed by atoms with van der Waals surface area (Å²) in [4.78, 5) is 0. The van der Waals surface area contributed by atoms with Crippen molar-refractivity contribution in [2.75, 3.05) is 20.8 Å². The predicted octanol–water partition coefficient (Wildman–Crippen LogP) is 1.99. The quantitative estimate of drug-likeness (QED) is 0.674. The van der Waals surface area contributed by atoms with Gasteiger partial charge >= 0.3 is 0 Å². The first-order chi connectivity index (χ1) is 6.76. The summed E-state index contributed by atoms with van der Waals surface area (Å²) in [6, 6.07) is 7.87. The summed E-state index contributed by atoms with van der Waals surface area (Å²) in [5.41, 5.74) is 1.17. The number of hydrogen-bond donors (Lipinski definition) is 0. The largest absolute Gasteiger partial charge is 0.488 e. The van der Waals surface area contributed by atoms with Crippen molar-refractivity contribution < 1.29 is 14.2 Å². The van der Waals surface area contributed by atoms with E-state index in [9.17, 15) is 0 Å². The molecule has 0 N–H and O–H groups in total. The average Bonchev–Trinajstić information content (AvgIpc) is 2.19. The molecule has 1 rings (SSSR count). The van der Waals surface area contributed by atoms with Crippen LogP contribution >= 0.6 is 0 Å². The Morgan fingerprint density at radius 3 is 2.50 bits per heavy atom. The van der Waals surface area contributed by atoms with Gasteiger partial charge in [0.2, 0.25) is 0 Å². The van der Waals surface area contributed by atoms with Gasteiger partial charge in [-0.1, -0.05) is 12.1 Å². The maximum absolute atomic E-state index is 5.48. The molecule has 0 aliphatic heterocycles. The Bertz CT molecular complexity index is 269. The molecule has 0 saturated heterocycles. The normalized spacial score (nSPS) is 10.6. The molecule has 0 fully saturated rings. The third-order valence-corrected chi connectivity index (χ3v) is 1.90. The summed E-state index contributed by atoms with van der Waals surface area (Å²) >= 11 is 0. The molecule has 1 aromatic carbocycles. The minimum absolute atomic E-state index is 0.310. The lowest BCUT2D eigenvalue weighted by atomic mass is 10.2. The number of ether oxygens (including phenoxy) is 3.